The fraction of sp³-hybridized carbons (Fsp3) is 0.100. The fourth-order valence-corrected chi connectivity index (χ4v) is 3.33. The van der Waals surface area contributed by atoms with Gasteiger partial charge in [-0.15, -0.1) is 0 Å². The van der Waals surface area contributed by atoms with Crippen molar-refractivity contribution in [1.29, 1.82) is 0 Å². The van der Waals surface area contributed by atoms with Crippen LogP contribution < -0.4 is 5.32 Å². The second-order valence-electron chi connectivity index (χ2n) is 5.92. The van der Waals surface area contributed by atoms with E-state index in [0.29, 0.717) is 12.8 Å². The molecule has 2 aromatic heterocycles. The van der Waals surface area contributed by atoms with Gasteiger partial charge >= 0.3 is 0 Å². The van der Waals surface area contributed by atoms with Gasteiger partial charge in [0.15, 0.2) is 0 Å². The predicted molar refractivity (Wildman–Crippen MR) is 105 cm³/mol. The molecule has 124 valence electrons. The molecule has 4 aromatic rings. The average molecular weight is 394 g/mol. The van der Waals surface area contributed by atoms with Crippen LogP contribution in [0.25, 0.3) is 21.8 Å². The molecule has 2 heterocycles. The molecule has 0 spiro atoms. The molecular formula is C20H16BrN3O. The summed E-state index contributed by atoms with van der Waals surface area (Å²) >= 11 is 3.44. The molecule has 0 saturated heterocycles. The molecule has 0 fully saturated rings. The summed E-state index contributed by atoms with van der Waals surface area (Å²) in [6, 6.07) is 17.9. The van der Waals surface area contributed by atoms with E-state index in [2.05, 4.69) is 49.4 Å². The van der Waals surface area contributed by atoms with Gasteiger partial charge in [0.25, 0.3) is 0 Å². The lowest BCUT2D eigenvalue weighted by Crippen LogP contribution is -2.13. The molecule has 4 nitrogen and oxygen atoms in total. The number of carbonyl (C=O) groups is 1. The van der Waals surface area contributed by atoms with Crippen molar-refractivity contribution in [3.8, 4) is 0 Å². The van der Waals surface area contributed by atoms with Gasteiger partial charge in [-0.05, 0) is 46.6 Å². The number of rotatable bonds is 4. The summed E-state index contributed by atoms with van der Waals surface area (Å²) in [7, 11) is 0. The Morgan fingerprint density at radius 3 is 2.72 bits per heavy atom. The lowest BCUT2D eigenvalue weighted by atomic mass is 10.1. The van der Waals surface area contributed by atoms with Crippen molar-refractivity contribution in [1.82, 2.24) is 9.97 Å². The molecule has 25 heavy (non-hydrogen) atoms. The molecule has 0 atom stereocenters. The number of aromatic amines is 1. The van der Waals surface area contributed by atoms with Gasteiger partial charge in [0.2, 0.25) is 5.91 Å². The van der Waals surface area contributed by atoms with E-state index in [1.54, 1.807) is 0 Å². The molecule has 0 aliphatic heterocycles. The average Bonchev–Trinajstić information content (AvgIpc) is 3.00. The third-order valence-corrected chi connectivity index (χ3v) is 4.89. The van der Waals surface area contributed by atoms with Crippen molar-refractivity contribution in [2.45, 2.75) is 12.8 Å². The highest BCUT2D eigenvalue weighted by Crippen LogP contribution is 2.25. The molecule has 0 bridgehead atoms. The van der Waals surface area contributed by atoms with Crippen LogP contribution in [0, 0.1) is 0 Å². The van der Waals surface area contributed by atoms with E-state index < -0.39 is 0 Å². The number of H-pyrrole nitrogens is 1. The molecule has 0 unspecified atom stereocenters. The molecule has 1 amide bonds. The van der Waals surface area contributed by atoms with Gasteiger partial charge in [-0.25, -0.2) is 0 Å². The standard InChI is InChI=1S/C20H16BrN3O/c21-16-6-2-4-8-18(16)24-20(25)10-9-13-11-15-14-5-1-3-7-17(14)23-19(15)12-22-13/h1-8,11-12,23H,9-10H2,(H,24,25). The second kappa shape index (κ2) is 6.69. The number of benzene rings is 2. The number of halogens is 1. The molecule has 0 radical (unpaired) electrons. The van der Waals surface area contributed by atoms with E-state index in [-0.39, 0.29) is 5.91 Å². The number of fused-ring (bicyclic) bond motifs is 3. The number of para-hydroxylation sites is 2. The van der Waals surface area contributed by atoms with Crippen LogP contribution in [0.15, 0.2) is 65.3 Å². The van der Waals surface area contributed by atoms with Gasteiger partial charge in [-0.3, -0.25) is 9.78 Å². The summed E-state index contributed by atoms with van der Waals surface area (Å²) < 4.78 is 0.877. The third kappa shape index (κ3) is 3.28. The first-order valence-corrected chi connectivity index (χ1v) is 8.90. The minimum absolute atomic E-state index is 0.0206. The van der Waals surface area contributed by atoms with Gasteiger partial charge in [0, 0.05) is 32.9 Å². The van der Waals surface area contributed by atoms with Crippen LogP contribution in [0.5, 0.6) is 0 Å². The molecular weight excluding hydrogens is 378 g/mol. The van der Waals surface area contributed by atoms with Crippen LogP contribution in [-0.2, 0) is 11.2 Å². The van der Waals surface area contributed by atoms with Crippen molar-refractivity contribution in [3.63, 3.8) is 0 Å². The van der Waals surface area contributed by atoms with E-state index in [1.165, 1.54) is 5.39 Å². The Hall–Kier alpha value is -2.66. The number of amides is 1. The minimum atomic E-state index is -0.0206. The Labute approximate surface area is 153 Å². The zero-order valence-corrected chi connectivity index (χ0v) is 15.0. The summed E-state index contributed by atoms with van der Waals surface area (Å²) in [6.45, 7) is 0. The number of aryl methyl sites for hydroxylation is 1. The van der Waals surface area contributed by atoms with Gasteiger partial charge in [0.05, 0.1) is 17.4 Å². The van der Waals surface area contributed by atoms with E-state index in [0.717, 1.165) is 32.3 Å². The molecule has 0 aliphatic carbocycles. The van der Waals surface area contributed by atoms with Gasteiger partial charge in [-0.1, -0.05) is 30.3 Å². The molecule has 4 rings (SSSR count). The Balaban J connectivity index is 1.50. The number of hydrogen-bond acceptors (Lipinski definition) is 2. The topological polar surface area (TPSA) is 57.8 Å². The molecule has 2 N–H and O–H groups in total. The number of aromatic nitrogens is 2. The normalized spacial score (nSPS) is 11.1. The zero-order chi connectivity index (χ0) is 17.2. The predicted octanol–water partition coefficient (Wildman–Crippen LogP) is 5.05. The summed E-state index contributed by atoms with van der Waals surface area (Å²) in [4.78, 5) is 20.0. The van der Waals surface area contributed by atoms with E-state index in [1.807, 2.05) is 42.6 Å². The Bertz CT molecular complexity index is 1070. The van der Waals surface area contributed by atoms with Gasteiger partial charge in [-0.2, -0.15) is 0 Å². The maximum Gasteiger partial charge on any atom is 0.224 e. The number of hydrogen-bond donors (Lipinski definition) is 2. The van der Waals surface area contributed by atoms with Crippen molar-refractivity contribution in [2.24, 2.45) is 0 Å². The van der Waals surface area contributed by atoms with Crippen molar-refractivity contribution < 1.29 is 4.79 Å². The highest BCUT2D eigenvalue weighted by atomic mass is 79.9. The number of pyridine rings is 1. The first kappa shape index (κ1) is 15.8. The number of carbonyl (C=O) groups excluding carboxylic acids is 1. The maximum absolute atomic E-state index is 12.2. The Morgan fingerprint density at radius 2 is 1.84 bits per heavy atom. The lowest BCUT2D eigenvalue weighted by Gasteiger charge is -2.07. The Kier molecular flexibility index (Phi) is 4.24. The van der Waals surface area contributed by atoms with Gasteiger partial charge in [0.1, 0.15) is 0 Å². The summed E-state index contributed by atoms with van der Waals surface area (Å²) in [5.41, 5.74) is 3.82. The number of nitrogens with one attached hydrogen (secondary N) is 2. The first-order chi connectivity index (χ1) is 12.2. The highest BCUT2D eigenvalue weighted by Gasteiger charge is 2.09. The molecule has 2 aromatic carbocycles. The zero-order valence-electron chi connectivity index (χ0n) is 13.4. The summed E-state index contributed by atoms with van der Waals surface area (Å²) in [5, 5.41) is 5.25. The van der Waals surface area contributed by atoms with E-state index in [4.69, 9.17) is 0 Å². The summed E-state index contributed by atoms with van der Waals surface area (Å²) in [6.07, 6.45) is 2.84. The van der Waals surface area contributed by atoms with Crippen molar-refractivity contribution >= 4 is 49.3 Å². The second-order valence-corrected chi connectivity index (χ2v) is 6.77. The SMILES string of the molecule is O=C(CCc1cc2c(cn1)[nH]c1ccccc12)Nc1ccccc1Br. The van der Waals surface area contributed by atoms with Crippen LogP contribution >= 0.6 is 15.9 Å². The van der Waals surface area contributed by atoms with Crippen LogP contribution in [-0.4, -0.2) is 15.9 Å². The molecule has 0 saturated carbocycles. The fourth-order valence-electron chi connectivity index (χ4n) is 2.95. The smallest absolute Gasteiger partial charge is 0.224 e. The van der Waals surface area contributed by atoms with E-state index >= 15 is 0 Å². The van der Waals surface area contributed by atoms with Gasteiger partial charge < -0.3 is 10.3 Å². The molecule has 5 heteroatoms. The van der Waals surface area contributed by atoms with E-state index in [9.17, 15) is 4.79 Å². The third-order valence-electron chi connectivity index (χ3n) is 4.20. The number of nitrogens with zero attached hydrogens (tertiary/aromatic N) is 1. The Morgan fingerprint density at radius 1 is 1.04 bits per heavy atom. The quantitative estimate of drug-likeness (QED) is 0.509. The minimum Gasteiger partial charge on any atom is -0.353 e. The number of anilines is 1. The lowest BCUT2D eigenvalue weighted by molar-refractivity contribution is -0.116. The molecule has 0 aliphatic rings. The first-order valence-electron chi connectivity index (χ1n) is 8.10. The van der Waals surface area contributed by atoms with Crippen molar-refractivity contribution in [3.05, 3.63) is 71.0 Å². The van der Waals surface area contributed by atoms with Crippen LogP contribution in [0.2, 0.25) is 0 Å². The van der Waals surface area contributed by atoms with Crippen LogP contribution in [0.3, 0.4) is 0 Å². The maximum atomic E-state index is 12.2. The largest absolute Gasteiger partial charge is 0.353 e. The van der Waals surface area contributed by atoms with Crippen LogP contribution in [0.1, 0.15) is 12.1 Å². The summed E-state index contributed by atoms with van der Waals surface area (Å²) in [5.74, 6) is -0.0206. The monoisotopic (exact) mass is 393 g/mol. The van der Waals surface area contributed by atoms with Crippen molar-refractivity contribution in [2.75, 3.05) is 5.32 Å². The highest BCUT2D eigenvalue weighted by molar-refractivity contribution is 9.10. The van der Waals surface area contributed by atoms with Crippen LogP contribution in [0.4, 0.5) is 5.69 Å².